The summed E-state index contributed by atoms with van der Waals surface area (Å²) in [7, 11) is 0. The molecule has 0 radical (unpaired) electrons. The minimum absolute atomic E-state index is 0.0178. The average molecular weight is 322 g/mol. The number of hydrogen-bond acceptors (Lipinski definition) is 1. The first-order valence-electron chi connectivity index (χ1n) is 6.81. The van der Waals surface area contributed by atoms with Gasteiger partial charge in [0.15, 0.2) is 0 Å². The highest BCUT2D eigenvalue weighted by atomic mass is 35.5. The number of hydrogen-bond donors (Lipinski definition) is 1. The predicted molar refractivity (Wildman–Crippen MR) is 87.8 cm³/mol. The number of amides is 1. The molecule has 0 saturated heterocycles. The van der Waals surface area contributed by atoms with E-state index in [1.165, 1.54) is 5.56 Å². The molecule has 0 unspecified atom stereocenters. The van der Waals surface area contributed by atoms with Gasteiger partial charge in [-0.25, -0.2) is 0 Å². The highest BCUT2D eigenvalue weighted by Crippen LogP contribution is 2.22. The second-order valence-electron chi connectivity index (χ2n) is 4.94. The normalized spacial score (nSPS) is 10.4. The van der Waals surface area contributed by atoms with Crippen LogP contribution in [-0.2, 0) is 17.8 Å². The Kier molecular flexibility index (Phi) is 5.66. The monoisotopic (exact) mass is 321 g/mol. The van der Waals surface area contributed by atoms with E-state index in [0.717, 1.165) is 11.1 Å². The van der Waals surface area contributed by atoms with E-state index in [0.29, 0.717) is 29.4 Å². The summed E-state index contributed by atoms with van der Waals surface area (Å²) in [6, 6.07) is 13.4. The zero-order valence-corrected chi connectivity index (χ0v) is 13.3. The fraction of sp³-hybridized carbons (Fsp3) is 0.235. The van der Waals surface area contributed by atoms with Crippen LogP contribution >= 0.6 is 23.2 Å². The number of aryl methyl sites for hydroxylation is 2. The molecule has 0 saturated carbocycles. The van der Waals surface area contributed by atoms with Crippen molar-refractivity contribution in [1.82, 2.24) is 5.32 Å². The highest BCUT2D eigenvalue weighted by Gasteiger charge is 2.06. The third-order valence-corrected chi connectivity index (χ3v) is 3.96. The molecule has 2 nitrogen and oxygen atoms in total. The number of rotatable bonds is 5. The number of halogens is 2. The molecule has 0 aliphatic heterocycles. The Labute approximate surface area is 135 Å². The predicted octanol–water partition coefficient (Wildman–Crippen LogP) is 4.55. The molecule has 0 heterocycles. The van der Waals surface area contributed by atoms with Gasteiger partial charge >= 0.3 is 0 Å². The van der Waals surface area contributed by atoms with Gasteiger partial charge in [-0.3, -0.25) is 4.79 Å². The lowest BCUT2D eigenvalue weighted by molar-refractivity contribution is -0.121. The van der Waals surface area contributed by atoms with E-state index in [-0.39, 0.29) is 5.91 Å². The van der Waals surface area contributed by atoms with Crippen LogP contribution in [0.25, 0.3) is 0 Å². The van der Waals surface area contributed by atoms with Crippen LogP contribution in [0.2, 0.25) is 10.0 Å². The lowest BCUT2D eigenvalue weighted by atomic mass is 10.1. The Morgan fingerprint density at radius 3 is 2.57 bits per heavy atom. The van der Waals surface area contributed by atoms with Crippen molar-refractivity contribution in [1.29, 1.82) is 0 Å². The summed E-state index contributed by atoms with van der Waals surface area (Å²) >= 11 is 11.9. The van der Waals surface area contributed by atoms with Crippen molar-refractivity contribution in [3.8, 4) is 0 Å². The van der Waals surface area contributed by atoms with E-state index in [9.17, 15) is 4.79 Å². The molecule has 110 valence electrons. The molecule has 0 spiro atoms. The molecule has 0 fully saturated rings. The van der Waals surface area contributed by atoms with Crippen LogP contribution in [0.1, 0.15) is 23.1 Å². The topological polar surface area (TPSA) is 29.1 Å². The zero-order chi connectivity index (χ0) is 15.2. The van der Waals surface area contributed by atoms with Crippen molar-refractivity contribution in [3.05, 3.63) is 69.2 Å². The minimum Gasteiger partial charge on any atom is -0.352 e. The van der Waals surface area contributed by atoms with E-state index in [2.05, 4.69) is 5.32 Å². The first kappa shape index (κ1) is 15.9. The van der Waals surface area contributed by atoms with E-state index in [4.69, 9.17) is 23.2 Å². The van der Waals surface area contributed by atoms with Gasteiger partial charge in [-0.2, -0.15) is 0 Å². The molecule has 4 heteroatoms. The van der Waals surface area contributed by atoms with Crippen molar-refractivity contribution < 1.29 is 4.79 Å². The second kappa shape index (κ2) is 7.48. The van der Waals surface area contributed by atoms with E-state index >= 15 is 0 Å². The summed E-state index contributed by atoms with van der Waals surface area (Å²) in [6.45, 7) is 2.59. The van der Waals surface area contributed by atoms with Crippen molar-refractivity contribution in [3.63, 3.8) is 0 Å². The minimum atomic E-state index is 0.0178. The quantitative estimate of drug-likeness (QED) is 0.859. The molecule has 0 bridgehead atoms. The Balaban J connectivity index is 1.84. The van der Waals surface area contributed by atoms with Crippen molar-refractivity contribution in [2.75, 3.05) is 0 Å². The fourth-order valence-electron chi connectivity index (χ4n) is 2.06. The summed E-state index contributed by atoms with van der Waals surface area (Å²) in [5, 5.41) is 4.14. The zero-order valence-electron chi connectivity index (χ0n) is 11.8. The fourth-order valence-corrected chi connectivity index (χ4v) is 2.57. The second-order valence-corrected chi connectivity index (χ2v) is 5.78. The van der Waals surface area contributed by atoms with Crippen molar-refractivity contribution in [2.45, 2.75) is 26.3 Å². The number of carbonyl (C=O) groups excluding carboxylic acids is 1. The van der Waals surface area contributed by atoms with Gasteiger partial charge in [-0.1, -0.05) is 53.5 Å². The first-order valence-corrected chi connectivity index (χ1v) is 7.57. The SMILES string of the molecule is Cc1ccccc1CNC(=O)CCc1ccc(Cl)cc1Cl. The summed E-state index contributed by atoms with van der Waals surface area (Å²) < 4.78 is 0. The molecular weight excluding hydrogens is 305 g/mol. The Hall–Kier alpha value is -1.51. The van der Waals surface area contributed by atoms with Crippen molar-refractivity contribution in [2.24, 2.45) is 0 Å². The molecule has 21 heavy (non-hydrogen) atoms. The molecule has 2 aromatic carbocycles. The molecule has 0 aromatic heterocycles. The van der Waals surface area contributed by atoms with Crippen LogP contribution in [0.3, 0.4) is 0 Å². The number of benzene rings is 2. The third-order valence-electron chi connectivity index (χ3n) is 3.37. The Bertz CT molecular complexity index is 640. The summed E-state index contributed by atoms with van der Waals surface area (Å²) in [5.41, 5.74) is 3.25. The highest BCUT2D eigenvalue weighted by molar-refractivity contribution is 6.35. The van der Waals surface area contributed by atoms with Gasteiger partial charge < -0.3 is 5.32 Å². The van der Waals surface area contributed by atoms with Gasteiger partial charge in [-0.05, 0) is 42.2 Å². The van der Waals surface area contributed by atoms with E-state index in [1.54, 1.807) is 12.1 Å². The summed E-state index contributed by atoms with van der Waals surface area (Å²) in [4.78, 5) is 11.9. The molecule has 1 N–H and O–H groups in total. The maximum atomic E-state index is 11.9. The smallest absolute Gasteiger partial charge is 0.220 e. The van der Waals surface area contributed by atoms with Crippen molar-refractivity contribution >= 4 is 29.1 Å². The third kappa shape index (κ3) is 4.76. The van der Waals surface area contributed by atoms with Crippen LogP contribution in [0, 0.1) is 6.92 Å². The van der Waals surface area contributed by atoms with Crippen LogP contribution in [-0.4, -0.2) is 5.91 Å². The molecule has 0 aliphatic rings. The van der Waals surface area contributed by atoms with E-state index < -0.39 is 0 Å². The largest absolute Gasteiger partial charge is 0.352 e. The lowest BCUT2D eigenvalue weighted by Crippen LogP contribution is -2.23. The first-order chi connectivity index (χ1) is 10.1. The maximum absolute atomic E-state index is 11.9. The summed E-state index contributed by atoms with van der Waals surface area (Å²) in [6.07, 6.45) is 1.02. The van der Waals surface area contributed by atoms with E-state index in [1.807, 2.05) is 37.3 Å². The average Bonchev–Trinajstić information content (AvgIpc) is 2.45. The number of nitrogens with one attached hydrogen (secondary N) is 1. The van der Waals surface area contributed by atoms with Gasteiger partial charge in [0.1, 0.15) is 0 Å². The number of carbonyl (C=O) groups is 1. The van der Waals surface area contributed by atoms with Gasteiger partial charge in [0.2, 0.25) is 5.91 Å². The van der Waals surface area contributed by atoms with Crippen LogP contribution in [0.5, 0.6) is 0 Å². The van der Waals surface area contributed by atoms with Crippen LogP contribution in [0.15, 0.2) is 42.5 Å². The summed E-state index contributed by atoms with van der Waals surface area (Å²) in [5.74, 6) is 0.0178. The molecule has 0 atom stereocenters. The Morgan fingerprint density at radius 1 is 1.10 bits per heavy atom. The van der Waals surface area contributed by atoms with Gasteiger partial charge in [-0.15, -0.1) is 0 Å². The maximum Gasteiger partial charge on any atom is 0.220 e. The van der Waals surface area contributed by atoms with Gasteiger partial charge in [0.25, 0.3) is 0 Å². The standard InChI is InChI=1S/C17H17Cl2NO/c1-12-4-2-3-5-14(12)11-20-17(21)9-7-13-6-8-15(18)10-16(13)19/h2-6,8,10H,7,9,11H2,1H3,(H,20,21). The van der Waals surface area contributed by atoms with Gasteiger partial charge in [0.05, 0.1) is 0 Å². The molecule has 2 rings (SSSR count). The van der Waals surface area contributed by atoms with Gasteiger partial charge in [0, 0.05) is 23.0 Å². The molecule has 1 amide bonds. The molecular formula is C17H17Cl2NO. The molecule has 2 aromatic rings. The lowest BCUT2D eigenvalue weighted by Gasteiger charge is -2.08. The Morgan fingerprint density at radius 2 is 1.86 bits per heavy atom. The molecule has 0 aliphatic carbocycles. The van der Waals surface area contributed by atoms with Crippen LogP contribution < -0.4 is 5.32 Å². The van der Waals surface area contributed by atoms with Crippen LogP contribution in [0.4, 0.5) is 0 Å².